The largest absolute Gasteiger partial charge is 0.266 e. The molecule has 0 N–H and O–H groups in total. The van der Waals surface area contributed by atoms with E-state index in [4.69, 9.17) is 23.2 Å². The Morgan fingerprint density at radius 3 is 2.64 bits per heavy atom. The summed E-state index contributed by atoms with van der Waals surface area (Å²) in [5, 5.41) is 19.0. The quantitative estimate of drug-likeness (QED) is 0.568. The second-order valence-corrected chi connectivity index (χ2v) is 6.49. The van der Waals surface area contributed by atoms with Crippen molar-refractivity contribution in [1.82, 2.24) is 29.6 Å². The molecule has 0 fully saturated rings. The Morgan fingerprint density at radius 2 is 1.91 bits per heavy atom. The molecule has 0 atom stereocenters. The molecule has 0 aliphatic carbocycles. The molecule has 3 aromatic heterocycles. The molecule has 0 bridgehead atoms. The maximum atomic E-state index is 6.05. The number of nitrogens with zero attached hydrogens (tertiary/aromatic N) is 6. The van der Waals surface area contributed by atoms with Crippen molar-refractivity contribution in [3.8, 4) is 11.4 Å². The highest BCUT2D eigenvalue weighted by molar-refractivity contribution is 7.16. The summed E-state index contributed by atoms with van der Waals surface area (Å²) in [6, 6.07) is 7.13. The van der Waals surface area contributed by atoms with E-state index in [-0.39, 0.29) is 0 Å². The first-order chi connectivity index (χ1) is 10.7. The predicted octanol–water partition coefficient (Wildman–Crippen LogP) is 3.40. The first-order valence-electron chi connectivity index (χ1n) is 6.34. The van der Waals surface area contributed by atoms with Gasteiger partial charge >= 0.3 is 0 Å². The van der Waals surface area contributed by atoms with E-state index in [1.54, 1.807) is 28.9 Å². The minimum Gasteiger partial charge on any atom is -0.266 e. The van der Waals surface area contributed by atoms with Gasteiger partial charge in [0.2, 0.25) is 4.96 Å². The fourth-order valence-electron chi connectivity index (χ4n) is 2.12. The molecule has 0 aliphatic rings. The van der Waals surface area contributed by atoms with Gasteiger partial charge < -0.3 is 0 Å². The van der Waals surface area contributed by atoms with Gasteiger partial charge in [0.25, 0.3) is 0 Å². The van der Waals surface area contributed by atoms with Crippen molar-refractivity contribution in [2.24, 2.45) is 0 Å². The standard InChI is InChI=1S/C13H8Cl2N6S/c14-9-4-8(5-10(15)6-9)12-17-18-13-21(12)19-11(22-13)7-20-3-1-2-16-20/h1-6H,7H2. The second kappa shape index (κ2) is 5.35. The van der Waals surface area contributed by atoms with Crippen molar-refractivity contribution < 1.29 is 0 Å². The van der Waals surface area contributed by atoms with Crippen LogP contribution in [-0.2, 0) is 6.54 Å². The molecule has 0 saturated carbocycles. The highest BCUT2D eigenvalue weighted by atomic mass is 35.5. The summed E-state index contributed by atoms with van der Waals surface area (Å²) in [6.07, 6.45) is 3.62. The summed E-state index contributed by atoms with van der Waals surface area (Å²) in [5.41, 5.74) is 0.779. The topological polar surface area (TPSA) is 60.9 Å². The normalized spacial score (nSPS) is 11.4. The molecule has 6 nitrogen and oxygen atoms in total. The van der Waals surface area contributed by atoms with Crippen LogP contribution >= 0.6 is 34.5 Å². The van der Waals surface area contributed by atoms with Crippen LogP contribution in [-0.4, -0.2) is 29.6 Å². The zero-order chi connectivity index (χ0) is 15.1. The van der Waals surface area contributed by atoms with Gasteiger partial charge in [-0.15, -0.1) is 10.2 Å². The summed E-state index contributed by atoms with van der Waals surface area (Å²) < 4.78 is 3.51. The number of aromatic nitrogens is 6. The van der Waals surface area contributed by atoms with Crippen LogP contribution in [0.5, 0.6) is 0 Å². The van der Waals surface area contributed by atoms with Gasteiger partial charge in [0.05, 0.1) is 6.54 Å². The minimum absolute atomic E-state index is 0.547. The van der Waals surface area contributed by atoms with Gasteiger partial charge in [0.15, 0.2) is 5.82 Å². The molecular weight excluding hydrogens is 343 g/mol. The molecule has 0 spiro atoms. The van der Waals surface area contributed by atoms with Gasteiger partial charge in [0, 0.05) is 28.0 Å². The van der Waals surface area contributed by atoms with Crippen LogP contribution in [0, 0.1) is 0 Å². The van der Waals surface area contributed by atoms with Gasteiger partial charge in [-0.05, 0) is 24.3 Å². The summed E-state index contributed by atoms with van der Waals surface area (Å²) >= 11 is 13.6. The minimum atomic E-state index is 0.547. The van der Waals surface area contributed by atoms with E-state index in [2.05, 4.69) is 20.4 Å². The lowest BCUT2D eigenvalue weighted by molar-refractivity contribution is 0.673. The lowest BCUT2D eigenvalue weighted by Gasteiger charge is -2.00. The van der Waals surface area contributed by atoms with E-state index in [0.29, 0.717) is 27.4 Å². The molecule has 0 aliphatic heterocycles. The molecule has 0 radical (unpaired) electrons. The summed E-state index contributed by atoms with van der Waals surface area (Å²) in [6.45, 7) is 0.594. The number of hydrogen-bond donors (Lipinski definition) is 0. The van der Waals surface area contributed by atoms with Crippen molar-refractivity contribution in [3.05, 3.63) is 51.7 Å². The molecule has 4 rings (SSSR count). The van der Waals surface area contributed by atoms with E-state index in [0.717, 1.165) is 10.6 Å². The average Bonchev–Trinajstić information content (AvgIpc) is 3.14. The van der Waals surface area contributed by atoms with Crippen molar-refractivity contribution in [3.63, 3.8) is 0 Å². The Balaban J connectivity index is 1.77. The van der Waals surface area contributed by atoms with E-state index >= 15 is 0 Å². The first kappa shape index (κ1) is 13.7. The molecule has 0 unspecified atom stereocenters. The second-order valence-electron chi connectivity index (χ2n) is 4.58. The molecule has 3 heterocycles. The molecular formula is C13H8Cl2N6S. The van der Waals surface area contributed by atoms with Gasteiger partial charge in [-0.1, -0.05) is 34.5 Å². The highest BCUT2D eigenvalue weighted by Crippen LogP contribution is 2.27. The smallest absolute Gasteiger partial charge is 0.235 e. The lowest BCUT2D eigenvalue weighted by atomic mass is 10.2. The van der Waals surface area contributed by atoms with Crippen LogP contribution in [0.2, 0.25) is 10.0 Å². The molecule has 110 valence electrons. The van der Waals surface area contributed by atoms with Gasteiger partial charge in [-0.2, -0.15) is 14.7 Å². The number of benzene rings is 1. The Hall–Kier alpha value is -1.96. The lowest BCUT2D eigenvalue weighted by Crippen LogP contribution is -2.00. The molecule has 9 heteroatoms. The van der Waals surface area contributed by atoms with Crippen LogP contribution in [0.25, 0.3) is 16.3 Å². The van der Waals surface area contributed by atoms with Crippen LogP contribution in [0.3, 0.4) is 0 Å². The van der Waals surface area contributed by atoms with Crippen LogP contribution in [0.4, 0.5) is 0 Å². The molecule has 22 heavy (non-hydrogen) atoms. The van der Waals surface area contributed by atoms with E-state index in [9.17, 15) is 0 Å². The third-order valence-corrected chi connectivity index (χ3v) is 4.33. The van der Waals surface area contributed by atoms with Gasteiger partial charge in [-0.3, -0.25) is 4.68 Å². The Kier molecular flexibility index (Phi) is 3.33. The van der Waals surface area contributed by atoms with Gasteiger partial charge in [-0.25, -0.2) is 0 Å². The maximum absolute atomic E-state index is 6.05. The third kappa shape index (κ3) is 2.47. The van der Waals surface area contributed by atoms with Crippen LogP contribution in [0.15, 0.2) is 36.7 Å². The Bertz CT molecular complexity index is 923. The monoisotopic (exact) mass is 350 g/mol. The van der Waals surface area contributed by atoms with Crippen molar-refractivity contribution in [2.45, 2.75) is 6.54 Å². The number of fused-ring (bicyclic) bond motifs is 1. The van der Waals surface area contributed by atoms with Crippen molar-refractivity contribution >= 4 is 39.5 Å². The van der Waals surface area contributed by atoms with Crippen LogP contribution < -0.4 is 0 Å². The Morgan fingerprint density at radius 1 is 1.09 bits per heavy atom. The predicted molar refractivity (Wildman–Crippen MR) is 85.4 cm³/mol. The number of halogens is 2. The maximum Gasteiger partial charge on any atom is 0.235 e. The number of rotatable bonds is 3. The Labute approximate surface area is 138 Å². The fourth-order valence-corrected chi connectivity index (χ4v) is 3.47. The fraction of sp³-hybridized carbons (Fsp3) is 0.0769. The van der Waals surface area contributed by atoms with E-state index in [1.165, 1.54) is 11.3 Å². The van der Waals surface area contributed by atoms with Gasteiger partial charge in [0.1, 0.15) is 5.01 Å². The summed E-state index contributed by atoms with van der Waals surface area (Å²) in [4.78, 5) is 0.716. The average molecular weight is 351 g/mol. The van der Waals surface area contributed by atoms with E-state index in [1.807, 2.05) is 16.9 Å². The van der Waals surface area contributed by atoms with E-state index < -0.39 is 0 Å². The van der Waals surface area contributed by atoms with Crippen molar-refractivity contribution in [2.75, 3.05) is 0 Å². The summed E-state index contributed by atoms with van der Waals surface area (Å²) in [5.74, 6) is 0.613. The number of hydrogen-bond acceptors (Lipinski definition) is 5. The summed E-state index contributed by atoms with van der Waals surface area (Å²) in [7, 11) is 0. The third-order valence-electron chi connectivity index (χ3n) is 3.01. The molecule has 4 aromatic rings. The zero-order valence-electron chi connectivity index (χ0n) is 11.0. The highest BCUT2D eigenvalue weighted by Gasteiger charge is 2.14. The van der Waals surface area contributed by atoms with Crippen molar-refractivity contribution in [1.29, 1.82) is 0 Å². The SMILES string of the molecule is Clc1cc(Cl)cc(-c2nnc3sc(Cn4cccn4)nn23)c1. The zero-order valence-corrected chi connectivity index (χ0v) is 13.3. The molecule has 0 amide bonds. The van der Waals surface area contributed by atoms with Crippen LogP contribution in [0.1, 0.15) is 5.01 Å². The first-order valence-corrected chi connectivity index (χ1v) is 7.91. The molecule has 0 saturated heterocycles. The molecule has 1 aromatic carbocycles.